The number of amides is 1. The van der Waals surface area contributed by atoms with Gasteiger partial charge in [-0.3, -0.25) is 4.79 Å². The molecule has 6 nitrogen and oxygen atoms in total. The number of halogens is 1. The lowest BCUT2D eigenvalue weighted by atomic mass is 10.1. The quantitative estimate of drug-likeness (QED) is 0.369. The minimum Gasteiger partial charge on any atom is -0.422 e. The Morgan fingerprint density at radius 2 is 1.83 bits per heavy atom. The second-order valence-corrected chi connectivity index (χ2v) is 6.87. The topological polar surface area (TPSA) is 74.9 Å². The van der Waals surface area contributed by atoms with Gasteiger partial charge < -0.3 is 9.32 Å². The van der Waals surface area contributed by atoms with Crippen molar-refractivity contribution in [1.29, 1.82) is 0 Å². The summed E-state index contributed by atoms with van der Waals surface area (Å²) < 4.78 is 5.51. The molecular weight excluding hydrogens is 390 g/mol. The maximum Gasteiger partial charge on any atom is 0.345 e. The number of hydrazone groups is 1. The van der Waals surface area contributed by atoms with E-state index in [0.29, 0.717) is 21.9 Å². The van der Waals surface area contributed by atoms with Crippen molar-refractivity contribution in [3.63, 3.8) is 0 Å². The molecule has 0 aliphatic carbocycles. The van der Waals surface area contributed by atoms with Crippen LogP contribution in [0.4, 0.5) is 5.69 Å². The molecule has 29 heavy (non-hydrogen) atoms. The molecule has 1 N–H and O–H groups in total. The summed E-state index contributed by atoms with van der Waals surface area (Å²) in [7, 11) is 0. The van der Waals surface area contributed by atoms with E-state index in [1.807, 2.05) is 18.2 Å². The van der Waals surface area contributed by atoms with Gasteiger partial charge in [-0.05, 0) is 51.1 Å². The first kappa shape index (κ1) is 20.6. The summed E-state index contributed by atoms with van der Waals surface area (Å²) in [6, 6.07) is 14.1. The van der Waals surface area contributed by atoms with Gasteiger partial charge in [-0.25, -0.2) is 10.2 Å². The molecule has 0 atom stereocenters. The van der Waals surface area contributed by atoms with Crippen molar-refractivity contribution in [3.05, 3.63) is 75.1 Å². The van der Waals surface area contributed by atoms with E-state index in [2.05, 4.69) is 29.3 Å². The Bertz CT molecular complexity index is 1130. The number of nitrogens with one attached hydrogen (secondary N) is 1. The summed E-state index contributed by atoms with van der Waals surface area (Å²) in [5.74, 6) is -0.455. The van der Waals surface area contributed by atoms with E-state index in [4.69, 9.17) is 16.0 Å². The average Bonchev–Trinajstić information content (AvgIpc) is 2.72. The third-order valence-corrected chi connectivity index (χ3v) is 5.01. The summed E-state index contributed by atoms with van der Waals surface area (Å²) in [6.45, 7) is 7.51. The van der Waals surface area contributed by atoms with Crippen LogP contribution in [0, 0.1) is 0 Å². The van der Waals surface area contributed by atoms with Crippen molar-refractivity contribution in [2.45, 2.75) is 20.8 Å². The zero-order chi connectivity index (χ0) is 21.0. The van der Waals surface area contributed by atoms with E-state index in [1.165, 1.54) is 0 Å². The van der Waals surface area contributed by atoms with Crippen molar-refractivity contribution >= 4 is 39.9 Å². The fraction of sp³-hybridized carbons (Fsp3) is 0.227. The average molecular weight is 412 g/mol. The van der Waals surface area contributed by atoms with Gasteiger partial charge in [0.25, 0.3) is 5.91 Å². The van der Waals surface area contributed by atoms with Gasteiger partial charge >= 0.3 is 5.63 Å². The number of carbonyl (C=O) groups is 1. The summed E-state index contributed by atoms with van der Waals surface area (Å²) in [5, 5.41) is 5.15. The minimum atomic E-state index is -0.512. The Kier molecular flexibility index (Phi) is 6.34. The van der Waals surface area contributed by atoms with Crippen molar-refractivity contribution in [1.82, 2.24) is 5.43 Å². The third kappa shape index (κ3) is 4.49. The maximum absolute atomic E-state index is 12.5. The van der Waals surface area contributed by atoms with Crippen LogP contribution < -0.4 is 16.0 Å². The second kappa shape index (κ2) is 8.92. The Labute approximate surface area is 173 Å². The molecule has 7 heteroatoms. The molecule has 0 fully saturated rings. The molecule has 0 radical (unpaired) electrons. The van der Waals surface area contributed by atoms with Gasteiger partial charge in [0, 0.05) is 30.2 Å². The number of rotatable bonds is 6. The van der Waals surface area contributed by atoms with Gasteiger partial charge in [0.1, 0.15) is 5.58 Å². The highest BCUT2D eigenvalue weighted by molar-refractivity contribution is 6.33. The first-order valence-corrected chi connectivity index (χ1v) is 9.74. The van der Waals surface area contributed by atoms with Gasteiger partial charge in [-0.15, -0.1) is 0 Å². The summed E-state index contributed by atoms with van der Waals surface area (Å²) in [5.41, 5.74) is 4.36. The predicted octanol–water partition coefficient (Wildman–Crippen LogP) is 4.45. The highest BCUT2D eigenvalue weighted by Gasteiger charge is 2.12. The first-order valence-electron chi connectivity index (χ1n) is 9.37. The maximum atomic E-state index is 12.5. The van der Waals surface area contributed by atoms with Gasteiger partial charge in [0.15, 0.2) is 0 Å². The van der Waals surface area contributed by atoms with Crippen LogP contribution in [0.5, 0.6) is 0 Å². The standard InChI is InChI=1S/C22H22ClN3O3/c1-4-26(5-2)16-11-10-15-12-18(22(28)29-20(15)13-16)14(3)24-25-21(27)17-8-6-7-9-19(17)23/h6-13H,4-5H2,1-3H3,(H,25,27)/b24-14+. The lowest BCUT2D eigenvalue weighted by molar-refractivity contribution is 0.0955. The smallest absolute Gasteiger partial charge is 0.345 e. The predicted molar refractivity (Wildman–Crippen MR) is 117 cm³/mol. The molecule has 0 aliphatic rings. The van der Waals surface area contributed by atoms with Crippen LogP contribution in [0.1, 0.15) is 36.7 Å². The van der Waals surface area contributed by atoms with Gasteiger partial charge in [-0.1, -0.05) is 23.7 Å². The second-order valence-electron chi connectivity index (χ2n) is 6.46. The lowest BCUT2D eigenvalue weighted by Gasteiger charge is -2.21. The minimum absolute atomic E-state index is 0.285. The molecule has 0 aliphatic heterocycles. The molecule has 2 aromatic carbocycles. The van der Waals surface area contributed by atoms with Crippen molar-refractivity contribution in [3.8, 4) is 0 Å². The number of nitrogens with zero attached hydrogens (tertiary/aromatic N) is 2. The SMILES string of the molecule is CCN(CC)c1ccc2cc(/C(C)=N/NC(=O)c3ccccc3Cl)c(=O)oc2c1. The summed E-state index contributed by atoms with van der Waals surface area (Å²) in [6.07, 6.45) is 0. The largest absolute Gasteiger partial charge is 0.422 e. The van der Waals surface area contributed by atoms with Crippen LogP contribution in [-0.4, -0.2) is 24.7 Å². The van der Waals surface area contributed by atoms with Crippen LogP contribution in [0.2, 0.25) is 5.02 Å². The normalized spacial score (nSPS) is 11.5. The first-order chi connectivity index (χ1) is 13.9. The van der Waals surface area contributed by atoms with Crippen LogP contribution in [0.25, 0.3) is 11.0 Å². The molecule has 0 saturated heterocycles. The van der Waals surface area contributed by atoms with Crippen molar-refractivity contribution in [2.75, 3.05) is 18.0 Å². The molecule has 1 aromatic heterocycles. The number of benzene rings is 2. The molecule has 150 valence electrons. The number of hydrogen-bond acceptors (Lipinski definition) is 5. The van der Waals surface area contributed by atoms with Gasteiger partial charge in [0.05, 0.1) is 21.9 Å². The van der Waals surface area contributed by atoms with E-state index in [9.17, 15) is 9.59 Å². The fourth-order valence-corrected chi connectivity index (χ4v) is 3.26. The molecule has 1 amide bonds. The van der Waals surface area contributed by atoms with Crippen LogP contribution in [0.3, 0.4) is 0 Å². The van der Waals surface area contributed by atoms with Crippen LogP contribution >= 0.6 is 11.6 Å². The Hall–Kier alpha value is -3.12. The zero-order valence-electron chi connectivity index (χ0n) is 16.5. The van der Waals surface area contributed by atoms with E-state index < -0.39 is 11.5 Å². The molecule has 0 unspecified atom stereocenters. The molecule has 1 heterocycles. The van der Waals surface area contributed by atoms with Gasteiger partial charge in [-0.2, -0.15) is 5.10 Å². The highest BCUT2D eigenvalue weighted by atomic mass is 35.5. The lowest BCUT2D eigenvalue weighted by Crippen LogP contribution is -2.22. The Morgan fingerprint density at radius 3 is 2.52 bits per heavy atom. The Balaban J connectivity index is 1.88. The third-order valence-electron chi connectivity index (χ3n) is 4.68. The number of anilines is 1. The monoisotopic (exact) mass is 411 g/mol. The molecule has 3 aromatic rings. The van der Waals surface area contributed by atoms with Crippen molar-refractivity contribution in [2.24, 2.45) is 5.10 Å². The van der Waals surface area contributed by atoms with Crippen LogP contribution in [0.15, 0.2) is 62.8 Å². The summed E-state index contributed by atoms with van der Waals surface area (Å²) in [4.78, 5) is 26.9. The molecule has 0 spiro atoms. The number of hydrogen-bond donors (Lipinski definition) is 1. The van der Waals surface area contributed by atoms with E-state index >= 15 is 0 Å². The summed E-state index contributed by atoms with van der Waals surface area (Å²) >= 11 is 6.02. The van der Waals surface area contributed by atoms with E-state index in [1.54, 1.807) is 37.3 Å². The van der Waals surface area contributed by atoms with Crippen LogP contribution in [-0.2, 0) is 0 Å². The van der Waals surface area contributed by atoms with E-state index in [0.717, 1.165) is 24.2 Å². The zero-order valence-corrected chi connectivity index (χ0v) is 17.3. The van der Waals surface area contributed by atoms with Crippen molar-refractivity contribution < 1.29 is 9.21 Å². The molecule has 0 saturated carbocycles. The number of carbonyl (C=O) groups excluding carboxylic acids is 1. The molecule has 0 bridgehead atoms. The van der Waals surface area contributed by atoms with Gasteiger partial charge in [0.2, 0.25) is 0 Å². The van der Waals surface area contributed by atoms with E-state index in [-0.39, 0.29) is 5.56 Å². The number of fused-ring (bicyclic) bond motifs is 1. The highest BCUT2D eigenvalue weighted by Crippen LogP contribution is 2.22. The Morgan fingerprint density at radius 1 is 1.10 bits per heavy atom. The fourth-order valence-electron chi connectivity index (χ4n) is 3.04. The molecule has 3 rings (SSSR count). The molecular formula is C22H22ClN3O3.